The van der Waals surface area contributed by atoms with Crippen molar-refractivity contribution in [1.29, 1.82) is 0 Å². The monoisotopic (exact) mass is 361 g/mol. The zero-order valence-corrected chi connectivity index (χ0v) is 14.8. The number of amides is 1. The van der Waals surface area contributed by atoms with Crippen LogP contribution >= 0.6 is 12.6 Å². The first-order chi connectivity index (χ1) is 12.6. The van der Waals surface area contributed by atoms with Gasteiger partial charge in [-0.05, 0) is 34.4 Å². The summed E-state index contributed by atoms with van der Waals surface area (Å²) in [7, 11) is 0. The number of hydrogen-bond acceptors (Lipinski definition) is 3. The van der Waals surface area contributed by atoms with Gasteiger partial charge in [0.1, 0.15) is 6.54 Å². The second kappa shape index (κ2) is 6.35. The first kappa shape index (κ1) is 16.4. The van der Waals surface area contributed by atoms with Crippen LogP contribution in [0.2, 0.25) is 0 Å². The highest BCUT2D eigenvalue weighted by molar-refractivity contribution is 7.80. The molecule has 0 bridgehead atoms. The lowest BCUT2D eigenvalue weighted by Crippen LogP contribution is -2.40. The van der Waals surface area contributed by atoms with Crippen molar-refractivity contribution in [3.05, 3.63) is 89.6 Å². The van der Waals surface area contributed by atoms with Crippen LogP contribution in [-0.2, 0) is 6.54 Å². The average Bonchev–Trinajstić information content (AvgIpc) is 2.96. The van der Waals surface area contributed by atoms with Crippen LogP contribution in [0.5, 0.6) is 0 Å². The highest BCUT2D eigenvalue weighted by Crippen LogP contribution is 2.44. The maximum absolute atomic E-state index is 12.8. The third-order valence-electron chi connectivity index (χ3n) is 4.61. The van der Waals surface area contributed by atoms with Crippen LogP contribution in [0.4, 0.5) is 0 Å². The number of nitrogens with one attached hydrogen (secondary N) is 1. The third-order valence-corrected chi connectivity index (χ3v) is 4.94. The van der Waals surface area contributed by atoms with Gasteiger partial charge in [0.15, 0.2) is 0 Å². The summed E-state index contributed by atoms with van der Waals surface area (Å²) >= 11 is 4.16. The van der Waals surface area contributed by atoms with Crippen LogP contribution in [0.15, 0.2) is 72.3 Å². The minimum absolute atomic E-state index is 0.187. The summed E-state index contributed by atoms with van der Waals surface area (Å²) in [5, 5.41) is 13.2. The molecule has 4 nitrogen and oxygen atoms in total. The van der Waals surface area contributed by atoms with E-state index >= 15 is 0 Å². The van der Waals surface area contributed by atoms with Crippen LogP contribution < -0.4 is 10.0 Å². The standard InChI is InChI=1S/C21H16N2O2S/c1-13-15-7-2-3-8-16(15)17-9-5-10-18(20(13)17)21(24)22-12-14-6-4-11-19(26)23(14)25/h2-11,25H,1,12H2,(H,22,24)/p+1. The highest BCUT2D eigenvalue weighted by atomic mass is 32.1. The second-order valence-electron chi connectivity index (χ2n) is 6.12. The van der Waals surface area contributed by atoms with Gasteiger partial charge in [-0.25, -0.2) is 0 Å². The maximum Gasteiger partial charge on any atom is 0.288 e. The molecule has 0 saturated carbocycles. The van der Waals surface area contributed by atoms with Crippen molar-refractivity contribution in [3.63, 3.8) is 0 Å². The molecule has 0 fully saturated rings. The Bertz CT molecular complexity index is 1060. The molecule has 1 aliphatic carbocycles. The first-order valence-corrected chi connectivity index (χ1v) is 8.65. The van der Waals surface area contributed by atoms with Gasteiger partial charge >= 0.3 is 0 Å². The Labute approximate surface area is 156 Å². The number of rotatable bonds is 3. The van der Waals surface area contributed by atoms with Crippen LogP contribution in [0, 0.1) is 0 Å². The number of benzene rings is 2. The van der Waals surface area contributed by atoms with Crippen LogP contribution in [0.25, 0.3) is 16.7 Å². The summed E-state index contributed by atoms with van der Waals surface area (Å²) in [6.07, 6.45) is 0. The number of fused-ring (bicyclic) bond motifs is 3. The zero-order chi connectivity index (χ0) is 18.3. The molecule has 128 valence electrons. The summed E-state index contributed by atoms with van der Waals surface area (Å²) in [5.74, 6) is -0.208. The van der Waals surface area contributed by atoms with Gasteiger partial charge in [0.05, 0.1) is 0 Å². The average molecular weight is 361 g/mol. The maximum atomic E-state index is 12.8. The van der Waals surface area contributed by atoms with E-state index in [0.717, 1.165) is 32.6 Å². The Kier molecular flexibility index (Phi) is 4.01. The van der Waals surface area contributed by atoms with E-state index in [4.69, 9.17) is 0 Å². The Hall–Kier alpha value is -3.05. The van der Waals surface area contributed by atoms with Crippen LogP contribution in [0.3, 0.4) is 0 Å². The lowest BCUT2D eigenvalue weighted by atomic mass is 9.98. The Balaban J connectivity index is 1.65. The molecule has 2 N–H and O–H groups in total. The van der Waals surface area contributed by atoms with Gasteiger partial charge in [-0.3, -0.25) is 10.0 Å². The second-order valence-corrected chi connectivity index (χ2v) is 6.58. The molecule has 0 spiro atoms. The number of carbonyl (C=O) groups excluding carboxylic acids is 1. The molecule has 4 rings (SSSR count). The molecule has 0 saturated heterocycles. The molecule has 1 amide bonds. The van der Waals surface area contributed by atoms with Gasteiger partial charge in [-0.15, -0.1) is 0 Å². The van der Waals surface area contributed by atoms with Crippen LogP contribution in [-0.4, -0.2) is 11.1 Å². The molecule has 0 unspecified atom stereocenters. The van der Waals surface area contributed by atoms with Gasteiger partial charge in [0, 0.05) is 28.0 Å². The Morgan fingerprint density at radius 3 is 2.50 bits per heavy atom. The molecular formula is C21H17N2O2S+. The van der Waals surface area contributed by atoms with Crippen molar-refractivity contribution in [1.82, 2.24) is 5.32 Å². The first-order valence-electron chi connectivity index (χ1n) is 8.20. The highest BCUT2D eigenvalue weighted by Gasteiger charge is 2.26. The van der Waals surface area contributed by atoms with E-state index < -0.39 is 0 Å². The Morgan fingerprint density at radius 1 is 1.00 bits per heavy atom. The zero-order valence-electron chi connectivity index (χ0n) is 13.9. The fourth-order valence-electron chi connectivity index (χ4n) is 3.34. The molecule has 1 aliphatic rings. The summed E-state index contributed by atoms with van der Waals surface area (Å²) in [6, 6.07) is 18.9. The molecule has 3 aromatic rings. The number of carbonyl (C=O) groups is 1. The quantitative estimate of drug-likeness (QED) is 0.297. The molecule has 5 heteroatoms. The van der Waals surface area contributed by atoms with Gasteiger partial charge < -0.3 is 5.32 Å². The van der Waals surface area contributed by atoms with Crippen molar-refractivity contribution in [2.75, 3.05) is 0 Å². The number of aromatic nitrogens is 1. The van der Waals surface area contributed by atoms with Gasteiger partial charge in [0.25, 0.3) is 16.6 Å². The molecular weight excluding hydrogens is 344 g/mol. The van der Waals surface area contributed by atoms with Gasteiger partial charge in [-0.2, -0.15) is 0 Å². The summed E-state index contributed by atoms with van der Waals surface area (Å²) in [6.45, 7) is 4.38. The van der Waals surface area contributed by atoms with E-state index in [9.17, 15) is 10.0 Å². The number of hydrogen-bond donors (Lipinski definition) is 3. The summed E-state index contributed by atoms with van der Waals surface area (Å²) in [5.41, 5.74) is 6.02. The van der Waals surface area contributed by atoms with E-state index in [1.807, 2.05) is 36.4 Å². The summed E-state index contributed by atoms with van der Waals surface area (Å²) in [4.78, 5) is 12.8. The van der Waals surface area contributed by atoms with E-state index in [0.29, 0.717) is 16.3 Å². The number of pyridine rings is 1. The van der Waals surface area contributed by atoms with Crippen molar-refractivity contribution < 1.29 is 14.7 Å². The smallest absolute Gasteiger partial charge is 0.288 e. The minimum atomic E-state index is -0.208. The van der Waals surface area contributed by atoms with E-state index in [-0.39, 0.29) is 12.5 Å². The van der Waals surface area contributed by atoms with E-state index in [1.165, 1.54) is 0 Å². The predicted octanol–water partition coefficient (Wildman–Crippen LogP) is 3.47. The van der Waals surface area contributed by atoms with Crippen molar-refractivity contribution >= 4 is 24.1 Å². The molecule has 0 atom stereocenters. The van der Waals surface area contributed by atoms with Crippen molar-refractivity contribution in [2.45, 2.75) is 11.6 Å². The summed E-state index contributed by atoms with van der Waals surface area (Å²) < 4.78 is 0.952. The Morgan fingerprint density at radius 2 is 1.69 bits per heavy atom. The molecule has 0 radical (unpaired) electrons. The van der Waals surface area contributed by atoms with Crippen LogP contribution in [0.1, 0.15) is 27.2 Å². The lowest BCUT2D eigenvalue weighted by Gasteiger charge is -2.09. The molecule has 1 heterocycles. The third kappa shape index (κ3) is 2.57. The molecule has 0 aliphatic heterocycles. The molecule has 1 aromatic heterocycles. The largest absolute Gasteiger partial charge is 0.342 e. The van der Waals surface area contributed by atoms with Gasteiger partial charge in [0.2, 0.25) is 0 Å². The lowest BCUT2D eigenvalue weighted by molar-refractivity contribution is -0.937. The van der Waals surface area contributed by atoms with Crippen molar-refractivity contribution in [3.8, 4) is 11.1 Å². The minimum Gasteiger partial charge on any atom is -0.342 e. The predicted molar refractivity (Wildman–Crippen MR) is 102 cm³/mol. The normalized spacial score (nSPS) is 11.8. The number of nitrogens with zero attached hydrogens (tertiary/aromatic N) is 1. The fraction of sp³-hybridized carbons (Fsp3) is 0.0476. The molecule has 2 aromatic carbocycles. The SMILES string of the molecule is C=C1c2ccccc2-c2cccc(C(=O)NCc3cccc(S)[n+]3O)c21. The topological polar surface area (TPSA) is 53.2 Å². The van der Waals surface area contributed by atoms with Crippen molar-refractivity contribution in [2.24, 2.45) is 0 Å². The van der Waals surface area contributed by atoms with E-state index in [2.05, 4.69) is 24.5 Å². The molecule has 26 heavy (non-hydrogen) atoms. The van der Waals surface area contributed by atoms with E-state index in [1.54, 1.807) is 24.3 Å². The number of thiol groups is 1. The van der Waals surface area contributed by atoms with Gasteiger partial charge in [-0.1, -0.05) is 55.6 Å². The fourth-order valence-corrected chi connectivity index (χ4v) is 3.55.